The molecule has 0 bridgehead atoms. The van der Waals surface area contributed by atoms with Crippen LogP contribution in [0.1, 0.15) is 55.3 Å². The van der Waals surface area contributed by atoms with E-state index in [1.807, 2.05) is 18.2 Å². The van der Waals surface area contributed by atoms with E-state index in [0.29, 0.717) is 17.2 Å². The zero-order chi connectivity index (χ0) is 17.2. The molecule has 0 aliphatic heterocycles. The lowest BCUT2D eigenvalue weighted by Gasteiger charge is -2.38. The first kappa shape index (κ1) is 16.1. The van der Waals surface area contributed by atoms with Crippen molar-refractivity contribution in [3.63, 3.8) is 0 Å². The summed E-state index contributed by atoms with van der Waals surface area (Å²) in [5.41, 5.74) is 6.55. The molecule has 3 N–H and O–H groups in total. The number of amides is 1. The first-order valence-corrected chi connectivity index (χ1v) is 9.28. The normalized spacial score (nSPS) is 23.8. The highest BCUT2D eigenvalue weighted by atomic mass is 16.1. The number of pyridine rings is 1. The lowest BCUT2D eigenvalue weighted by Crippen LogP contribution is -2.39. The number of anilines is 1. The number of hydrogen-bond donors (Lipinski definition) is 2. The van der Waals surface area contributed by atoms with Gasteiger partial charge in [0.2, 0.25) is 0 Å². The van der Waals surface area contributed by atoms with Crippen LogP contribution in [0.15, 0.2) is 30.6 Å². The fourth-order valence-corrected chi connectivity index (χ4v) is 4.10. The summed E-state index contributed by atoms with van der Waals surface area (Å²) in [5.74, 6) is 2.63. The molecule has 6 heteroatoms. The van der Waals surface area contributed by atoms with E-state index in [4.69, 9.17) is 5.73 Å². The van der Waals surface area contributed by atoms with Crippen LogP contribution < -0.4 is 11.1 Å². The average molecular weight is 339 g/mol. The molecule has 0 saturated heterocycles. The standard InChI is InChI=1S/C19H25N5O/c20-18-16(12-22-24(18)17-6-1-2-11-21-17)19(25)23-15-9-7-14(8-10-15)13-4-3-5-13/h1-2,6,11-15H,3-5,7-10,20H2,(H,23,25). The Hall–Kier alpha value is -2.37. The molecule has 1 amide bonds. The molecular weight excluding hydrogens is 314 g/mol. The van der Waals surface area contributed by atoms with Crippen LogP contribution in [0.25, 0.3) is 5.82 Å². The third-order valence-electron chi connectivity index (χ3n) is 5.84. The Morgan fingerprint density at radius 3 is 2.52 bits per heavy atom. The number of aromatic nitrogens is 3. The molecule has 25 heavy (non-hydrogen) atoms. The molecule has 2 saturated carbocycles. The minimum absolute atomic E-state index is 0.133. The van der Waals surface area contributed by atoms with Crippen molar-refractivity contribution in [3.05, 3.63) is 36.2 Å². The van der Waals surface area contributed by atoms with Crippen molar-refractivity contribution in [2.24, 2.45) is 11.8 Å². The summed E-state index contributed by atoms with van der Waals surface area (Å²) in [7, 11) is 0. The summed E-state index contributed by atoms with van der Waals surface area (Å²) >= 11 is 0. The molecule has 2 fully saturated rings. The molecular formula is C19H25N5O. The maximum atomic E-state index is 12.6. The van der Waals surface area contributed by atoms with Crippen LogP contribution in [0, 0.1) is 11.8 Å². The van der Waals surface area contributed by atoms with Gasteiger partial charge >= 0.3 is 0 Å². The van der Waals surface area contributed by atoms with Gasteiger partial charge in [-0.05, 0) is 49.7 Å². The minimum Gasteiger partial charge on any atom is -0.383 e. The van der Waals surface area contributed by atoms with Gasteiger partial charge in [-0.15, -0.1) is 0 Å². The number of carbonyl (C=O) groups excluding carboxylic acids is 1. The first-order valence-electron chi connectivity index (χ1n) is 9.28. The van der Waals surface area contributed by atoms with Gasteiger partial charge in [-0.1, -0.05) is 25.3 Å². The van der Waals surface area contributed by atoms with Crippen molar-refractivity contribution in [2.45, 2.75) is 51.0 Å². The largest absolute Gasteiger partial charge is 0.383 e. The highest BCUT2D eigenvalue weighted by Gasteiger charge is 2.31. The fourth-order valence-electron chi connectivity index (χ4n) is 4.10. The van der Waals surface area contributed by atoms with Crippen LogP contribution in [-0.2, 0) is 0 Å². The van der Waals surface area contributed by atoms with E-state index < -0.39 is 0 Å². The number of rotatable bonds is 4. The SMILES string of the molecule is Nc1c(C(=O)NC2CCC(C3CCC3)CC2)cnn1-c1ccccn1. The van der Waals surface area contributed by atoms with Crippen LogP contribution in [0.5, 0.6) is 0 Å². The van der Waals surface area contributed by atoms with Gasteiger partial charge in [-0.3, -0.25) is 4.79 Å². The summed E-state index contributed by atoms with van der Waals surface area (Å²) in [4.78, 5) is 16.8. The summed E-state index contributed by atoms with van der Waals surface area (Å²) in [6, 6.07) is 5.76. The van der Waals surface area contributed by atoms with Crippen LogP contribution in [0.4, 0.5) is 5.82 Å². The van der Waals surface area contributed by atoms with E-state index in [2.05, 4.69) is 15.4 Å². The second-order valence-electron chi connectivity index (χ2n) is 7.32. The molecule has 2 aromatic heterocycles. The van der Waals surface area contributed by atoms with Crippen molar-refractivity contribution in [1.29, 1.82) is 0 Å². The molecule has 0 spiro atoms. The molecule has 132 valence electrons. The third-order valence-corrected chi connectivity index (χ3v) is 5.84. The Kier molecular flexibility index (Phi) is 4.42. The van der Waals surface area contributed by atoms with Crippen LogP contribution in [-0.4, -0.2) is 26.7 Å². The highest BCUT2D eigenvalue weighted by Crippen LogP contribution is 2.41. The molecule has 6 nitrogen and oxygen atoms in total. The Labute approximate surface area is 147 Å². The Morgan fingerprint density at radius 1 is 1.12 bits per heavy atom. The maximum absolute atomic E-state index is 12.6. The van der Waals surface area contributed by atoms with Gasteiger partial charge in [0.1, 0.15) is 11.4 Å². The van der Waals surface area contributed by atoms with Gasteiger partial charge in [0.25, 0.3) is 5.91 Å². The van der Waals surface area contributed by atoms with Crippen molar-refractivity contribution < 1.29 is 4.79 Å². The van der Waals surface area contributed by atoms with E-state index in [-0.39, 0.29) is 11.9 Å². The molecule has 0 aromatic carbocycles. The lowest BCUT2D eigenvalue weighted by molar-refractivity contribution is 0.0902. The predicted octanol–water partition coefficient (Wildman–Crippen LogP) is 2.94. The van der Waals surface area contributed by atoms with Gasteiger partial charge in [-0.25, -0.2) is 4.98 Å². The third kappa shape index (κ3) is 3.25. The predicted molar refractivity (Wildman–Crippen MR) is 96.3 cm³/mol. The molecule has 2 aliphatic carbocycles. The smallest absolute Gasteiger partial charge is 0.256 e. The fraction of sp³-hybridized carbons (Fsp3) is 0.526. The van der Waals surface area contributed by atoms with Gasteiger partial charge in [0.05, 0.1) is 6.20 Å². The highest BCUT2D eigenvalue weighted by molar-refractivity contribution is 5.98. The number of nitrogen functional groups attached to an aromatic ring is 1. The zero-order valence-electron chi connectivity index (χ0n) is 14.4. The summed E-state index contributed by atoms with van der Waals surface area (Å²) in [6.45, 7) is 0. The quantitative estimate of drug-likeness (QED) is 0.897. The van der Waals surface area contributed by atoms with E-state index in [9.17, 15) is 4.79 Å². The van der Waals surface area contributed by atoms with Crippen molar-refractivity contribution in [1.82, 2.24) is 20.1 Å². The first-order chi connectivity index (χ1) is 12.2. The van der Waals surface area contributed by atoms with Gasteiger partial charge in [-0.2, -0.15) is 9.78 Å². The second kappa shape index (κ2) is 6.86. The van der Waals surface area contributed by atoms with Crippen molar-refractivity contribution in [3.8, 4) is 5.82 Å². The average Bonchev–Trinajstić information content (AvgIpc) is 2.97. The Morgan fingerprint density at radius 2 is 1.88 bits per heavy atom. The molecule has 2 heterocycles. The van der Waals surface area contributed by atoms with Gasteiger partial charge < -0.3 is 11.1 Å². The van der Waals surface area contributed by atoms with E-state index in [1.54, 1.807) is 6.20 Å². The van der Waals surface area contributed by atoms with Crippen LogP contribution >= 0.6 is 0 Å². The maximum Gasteiger partial charge on any atom is 0.256 e. The Balaban J connectivity index is 1.38. The monoisotopic (exact) mass is 339 g/mol. The molecule has 0 radical (unpaired) electrons. The van der Waals surface area contributed by atoms with Crippen molar-refractivity contribution >= 4 is 11.7 Å². The molecule has 2 aromatic rings. The number of hydrogen-bond acceptors (Lipinski definition) is 4. The summed E-state index contributed by atoms with van der Waals surface area (Å²) in [5, 5.41) is 7.37. The molecule has 2 aliphatic rings. The van der Waals surface area contributed by atoms with Gasteiger partial charge in [0, 0.05) is 12.2 Å². The van der Waals surface area contributed by atoms with Crippen LogP contribution in [0.3, 0.4) is 0 Å². The van der Waals surface area contributed by atoms with Crippen molar-refractivity contribution in [2.75, 3.05) is 5.73 Å². The van der Waals surface area contributed by atoms with Gasteiger partial charge in [0.15, 0.2) is 5.82 Å². The summed E-state index contributed by atoms with van der Waals surface area (Å²) in [6.07, 6.45) is 12.0. The number of nitrogens with one attached hydrogen (secondary N) is 1. The van der Waals surface area contributed by atoms with E-state index in [1.165, 1.54) is 43.0 Å². The number of nitrogens with zero attached hydrogens (tertiary/aromatic N) is 3. The molecule has 0 atom stereocenters. The minimum atomic E-state index is -0.133. The molecule has 4 rings (SSSR count). The van der Waals surface area contributed by atoms with E-state index in [0.717, 1.165) is 24.7 Å². The molecule has 0 unspecified atom stereocenters. The zero-order valence-corrected chi connectivity index (χ0v) is 14.4. The van der Waals surface area contributed by atoms with Crippen LogP contribution in [0.2, 0.25) is 0 Å². The number of nitrogens with two attached hydrogens (primary N) is 1. The van der Waals surface area contributed by atoms with E-state index >= 15 is 0 Å². The summed E-state index contributed by atoms with van der Waals surface area (Å²) < 4.78 is 1.50. The number of carbonyl (C=O) groups is 1. The Bertz CT molecular complexity index is 730. The lowest BCUT2D eigenvalue weighted by atomic mass is 9.69. The topological polar surface area (TPSA) is 85.8 Å². The second-order valence-corrected chi connectivity index (χ2v) is 7.32.